The van der Waals surface area contributed by atoms with Crippen LogP contribution in [-0.4, -0.2) is 19.2 Å². The van der Waals surface area contributed by atoms with Gasteiger partial charge in [-0.2, -0.15) is 0 Å². The van der Waals surface area contributed by atoms with Crippen LogP contribution in [0, 0.1) is 0 Å². The average molecular weight is 269 g/mol. The van der Waals surface area contributed by atoms with Gasteiger partial charge in [0.2, 0.25) is 0 Å². The summed E-state index contributed by atoms with van der Waals surface area (Å²) in [6.45, 7) is 2.18. The van der Waals surface area contributed by atoms with E-state index < -0.39 is 6.10 Å². The van der Waals surface area contributed by atoms with E-state index in [4.69, 9.17) is 0 Å². The third-order valence-corrected chi connectivity index (χ3v) is 3.56. The molecule has 2 rings (SSSR count). The van der Waals surface area contributed by atoms with Crippen molar-refractivity contribution in [3.8, 4) is 0 Å². The van der Waals surface area contributed by atoms with E-state index in [9.17, 15) is 5.11 Å². The molecule has 2 aromatic carbocycles. The summed E-state index contributed by atoms with van der Waals surface area (Å²) in [5, 5.41) is 10.4. The molecule has 0 radical (unpaired) electrons. The Bertz CT molecular complexity index is 528. The molecule has 0 heterocycles. The Morgan fingerprint density at radius 1 is 0.900 bits per heavy atom. The lowest BCUT2D eigenvalue weighted by atomic mass is 9.99. The van der Waals surface area contributed by atoms with E-state index in [1.165, 1.54) is 5.56 Å². The maximum Gasteiger partial charge on any atom is 0.104 e. The van der Waals surface area contributed by atoms with Crippen molar-refractivity contribution in [2.24, 2.45) is 0 Å². The van der Waals surface area contributed by atoms with Gasteiger partial charge in [0, 0.05) is 19.8 Å². The average Bonchev–Trinajstić information content (AvgIpc) is 2.48. The van der Waals surface area contributed by atoms with E-state index in [0.29, 0.717) is 0 Å². The minimum atomic E-state index is -0.554. The van der Waals surface area contributed by atoms with Gasteiger partial charge in [-0.1, -0.05) is 49.7 Å². The topological polar surface area (TPSA) is 23.5 Å². The monoisotopic (exact) mass is 269 g/mol. The number of rotatable bonds is 5. The lowest BCUT2D eigenvalue weighted by Gasteiger charge is -2.15. The molecule has 0 bridgehead atoms. The Labute approximate surface area is 121 Å². The molecular formula is C18H23NO. The lowest BCUT2D eigenvalue weighted by molar-refractivity contribution is 0.220. The van der Waals surface area contributed by atoms with E-state index in [2.05, 4.69) is 24.0 Å². The number of anilines is 1. The highest BCUT2D eigenvalue weighted by atomic mass is 16.3. The summed E-state index contributed by atoms with van der Waals surface area (Å²) in [5.74, 6) is 0. The van der Waals surface area contributed by atoms with Crippen molar-refractivity contribution in [1.82, 2.24) is 0 Å². The van der Waals surface area contributed by atoms with Gasteiger partial charge in [0.05, 0.1) is 0 Å². The number of aryl methyl sites for hydroxylation is 1. The summed E-state index contributed by atoms with van der Waals surface area (Å²) < 4.78 is 0. The molecular weight excluding hydrogens is 246 g/mol. The maximum atomic E-state index is 10.4. The number of hydrogen-bond acceptors (Lipinski definition) is 2. The first-order valence-corrected chi connectivity index (χ1v) is 7.16. The number of nitrogens with zero attached hydrogens (tertiary/aromatic N) is 1. The zero-order valence-electron chi connectivity index (χ0n) is 12.5. The second-order valence-electron chi connectivity index (χ2n) is 5.38. The van der Waals surface area contributed by atoms with Gasteiger partial charge >= 0.3 is 0 Å². The molecule has 1 N–H and O–H groups in total. The Morgan fingerprint density at radius 2 is 1.40 bits per heavy atom. The molecule has 2 heteroatoms. The van der Waals surface area contributed by atoms with Gasteiger partial charge in [0.1, 0.15) is 6.10 Å². The molecule has 0 fully saturated rings. The second-order valence-corrected chi connectivity index (χ2v) is 5.38. The van der Waals surface area contributed by atoms with Gasteiger partial charge in [-0.05, 0) is 35.2 Å². The van der Waals surface area contributed by atoms with Crippen molar-refractivity contribution in [2.45, 2.75) is 25.9 Å². The zero-order chi connectivity index (χ0) is 14.5. The zero-order valence-corrected chi connectivity index (χ0v) is 12.5. The van der Waals surface area contributed by atoms with Crippen LogP contribution in [0.15, 0.2) is 48.5 Å². The summed E-state index contributed by atoms with van der Waals surface area (Å²) >= 11 is 0. The quantitative estimate of drug-likeness (QED) is 0.892. The first kappa shape index (κ1) is 14.6. The Hall–Kier alpha value is -1.80. The van der Waals surface area contributed by atoms with E-state index in [-0.39, 0.29) is 0 Å². The molecule has 0 aliphatic rings. The van der Waals surface area contributed by atoms with E-state index in [0.717, 1.165) is 29.7 Å². The number of hydrogen-bond donors (Lipinski definition) is 1. The highest BCUT2D eigenvalue weighted by Crippen LogP contribution is 2.24. The summed E-state index contributed by atoms with van der Waals surface area (Å²) in [5.41, 5.74) is 4.34. The third-order valence-electron chi connectivity index (χ3n) is 3.56. The molecule has 0 aliphatic carbocycles. The van der Waals surface area contributed by atoms with Crippen LogP contribution in [-0.2, 0) is 6.42 Å². The fourth-order valence-corrected chi connectivity index (χ4v) is 2.30. The van der Waals surface area contributed by atoms with Crippen LogP contribution in [0.2, 0.25) is 0 Å². The molecule has 2 aromatic rings. The van der Waals surface area contributed by atoms with Crippen LogP contribution in [0.3, 0.4) is 0 Å². The summed E-state index contributed by atoms with van der Waals surface area (Å²) in [6, 6.07) is 16.3. The molecule has 1 unspecified atom stereocenters. The van der Waals surface area contributed by atoms with Crippen LogP contribution in [0.1, 0.15) is 36.1 Å². The second kappa shape index (κ2) is 6.58. The van der Waals surface area contributed by atoms with Gasteiger partial charge in [-0.15, -0.1) is 0 Å². The molecule has 0 aromatic heterocycles. The Kier molecular flexibility index (Phi) is 4.80. The molecule has 106 valence electrons. The minimum absolute atomic E-state index is 0.554. The van der Waals surface area contributed by atoms with Gasteiger partial charge in [0.15, 0.2) is 0 Å². The van der Waals surface area contributed by atoms with E-state index in [1.54, 1.807) is 0 Å². The van der Waals surface area contributed by atoms with Crippen molar-refractivity contribution in [3.05, 3.63) is 65.2 Å². The number of benzene rings is 2. The third kappa shape index (κ3) is 3.40. The van der Waals surface area contributed by atoms with Crippen LogP contribution in [0.25, 0.3) is 0 Å². The van der Waals surface area contributed by atoms with Gasteiger partial charge in [-0.3, -0.25) is 0 Å². The normalized spacial score (nSPS) is 12.2. The Balaban J connectivity index is 2.15. The SMILES string of the molecule is CCCc1ccc(C(O)c2ccc(N(C)C)cc2)cc1. The van der Waals surface area contributed by atoms with Gasteiger partial charge in [0.25, 0.3) is 0 Å². The minimum Gasteiger partial charge on any atom is -0.384 e. The molecule has 20 heavy (non-hydrogen) atoms. The van der Waals surface area contributed by atoms with Crippen LogP contribution in [0.5, 0.6) is 0 Å². The highest BCUT2D eigenvalue weighted by molar-refractivity contribution is 5.47. The Morgan fingerprint density at radius 3 is 1.85 bits per heavy atom. The fraction of sp³-hybridized carbons (Fsp3) is 0.333. The molecule has 0 saturated heterocycles. The molecule has 1 atom stereocenters. The summed E-state index contributed by atoms with van der Waals surface area (Å²) in [4.78, 5) is 2.05. The van der Waals surface area contributed by atoms with Gasteiger partial charge < -0.3 is 10.0 Å². The van der Waals surface area contributed by atoms with Crippen LogP contribution >= 0.6 is 0 Å². The largest absolute Gasteiger partial charge is 0.384 e. The predicted molar refractivity (Wildman–Crippen MR) is 85.3 cm³/mol. The number of aliphatic hydroxyl groups excluding tert-OH is 1. The molecule has 0 spiro atoms. The fourth-order valence-electron chi connectivity index (χ4n) is 2.30. The van der Waals surface area contributed by atoms with E-state index in [1.807, 2.05) is 50.5 Å². The van der Waals surface area contributed by atoms with Crippen molar-refractivity contribution in [1.29, 1.82) is 0 Å². The van der Waals surface area contributed by atoms with Gasteiger partial charge in [-0.25, -0.2) is 0 Å². The predicted octanol–water partition coefficient (Wildman–Crippen LogP) is 3.79. The first-order chi connectivity index (χ1) is 9.61. The smallest absolute Gasteiger partial charge is 0.104 e. The first-order valence-electron chi connectivity index (χ1n) is 7.16. The standard InChI is InChI=1S/C18H23NO/c1-4-5-14-6-8-15(9-7-14)18(20)16-10-12-17(13-11-16)19(2)3/h6-13,18,20H,4-5H2,1-3H3. The van der Waals surface area contributed by atoms with Crippen molar-refractivity contribution in [3.63, 3.8) is 0 Å². The van der Waals surface area contributed by atoms with Crippen LogP contribution < -0.4 is 4.90 Å². The van der Waals surface area contributed by atoms with Crippen LogP contribution in [0.4, 0.5) is 5.69 Å². The van der Waals surface area contributed by atoms with Crippen molar-refractivity contribution in [2.75, 3.05) is 19.0 Å². The van der Waals surface area contributed by atoms with E-state index >= 15 is 0 Å². The molecule has 0 aliphatic heterocycles. The summed E-state index contributed by atoms with van der Waals surface area (Å²) in [6.07, 6.45) is 1.68. The lowest BCUT2D eigenvalue weighted by Crippen LogP contribution is -2.08. The number of aliphatic hydroxyl groups is 1. The maximum absolute atomic E-state index is 10.4. The summed E-state index contributed by atoms with van der Waals surface area (Å²) in [7, 11) is 4.02. The highest BCUT2D eigenvalue weighted by Gasteiger charge is 2.10. The molecule has 0 saturated carbocycles. The van der Waals surface area contributed by atoms with Crippen molar-refractivity contribution < 1.29 is 5.11 Å². The molecule has 0 amide bonds. The molecule has 2 nitrogen and oxygen atoms in total. The van der Waals surface area contributed by atoms with Crippen molar-refractivity contribution >= 4 is 5.69 Å².